The van der Waals surface area contributed by atoms with E-state index in [0.29, 0.717) is 19.4 Å². The molecule has 0 saturated heterocycles. The number of ketones is 1. The Morgan fingerprint density at radius 2 is 1.58 bits per heavy atom. The van der Waals surface area contributed by atoms with Crippen LogP contribution in [0.25, 0.3) is 0 Å². The molecule has 0 aliphatic carbocycles. The maximum Gasteiger partial charge on any atom is 0.319 e. The Morgan fingerprint density at radius 3 is 1.89 bits per heavy atom. The van der Waals surface area contributed by atoms with Gasteiger partial charge in [-0.15, -0.1) is 13.2 Å². The van der Waals surface area contributed by atoms with Gasteiger partial charge in [0.1, 0.15) is 11.2 Å². The van der Waals surface area contributed by atoms with Gasteiger partial charge in [0.25, 0.3) is 0 Å². The number of unbranched alkanes of at least 4 members (excludes halogenated alkanes) is 2. The Balaban J connectivity index is 4.97. The lowest BCUT2D eigenvalue weighted by Crippen LogP contribution is -2.39. The number of carbonyl (C=O) groups is 2. The summed E-state index contributed by atoms with van der Waals surface area (Å²) in [6.45, 7) is 10.9. The van der Waals surface area contributed by atoms with Crippen LogP contribution in [0.3, 0.4) is 0 Å². The van der Waals surface area contributed by atoms with Crippen LogP contribution in [-0.2, 0) is 14.3 Å². The van der Waals surface area contributed by atoms with Crippen molar-refractivity contribution >= 4 is 11.8 Å². The fraction of sp³-hybridized carbons (Fsp3) is 0.625. The number of Topliss-reactive ketones (excluding diaryl/α,β-unsaturated/α-hetero) is 1. The fourth-order valence-corrected chi connectivity index (χ4v) is 2.19. The first-order chi connectivity index (χ1) is 9.05. The number of hydrogen-bond donors (Lipinski definition) is 0. The summed E-state index contributed by atoms with van der Waals surface area (Å²) < 4.78 is 5.12. The normalized spacial score (nSPS) is 10.8. The van der Waals surface area contributed by atoms with Crippen molar-refractivity contribution in [3.05, 3.63) is 25.3 Å². The first kappa shape index (κ1) is 17.6. The second-order valence-corrected chi connectivity index (χ2v) is 4.72. The second-order valence-electron chi connectivity index (χ2n) is 4.72. The van der Waals surface area contributed by atoms with Crippen molar-refractivity contribution in [1.29, 1.82) is 0 Å². The van der Waals surface area contributed by atoms with E-state index in [2.05, 4.69) is 13.2 Å². The van der Waals surface area contributed by atoms with E-state index in [1.807, 2.05) is 0 Å². The standard InChI is InChI=1S/C16H26O3/c1-5-8-10-12-16(14(4)17,13-11-9-6-2)15(18)19-7-3/h5-6H,1-2,7-13H2,3-4H3. The SMILES string of the molecule is C=CCCCC(CCCC=C)(C(C)=O)C(=O)OCC. The van der Waals surface area contributed by atoms with Crippen molar-refractivity contribution in [3.8, 4) is 0 Å². The topological polar surface area (TPSA) is 43.4 Å². The Bertz CT molecular complexity index is 304. The van der Waals surface area contributed by atoms with Crippen LogP contribution >= 0.6 is 0 Å². The molecule has 0 aliphatic rings. The van der Waals surface area contributed by atoms with Gasteiger partial charge < -0.3 is 4.74 Å². The summed E-state index contributed by atoms with van der Waals surface area (Å²) in [5.74, 6) is -0.477. The minimum atomic E-state index is -0.984. The number of rotatable bonds is 11. The smallest absolute Gasteiger partial charge is 0.319 e. The molecule has 0 fully saturated rings. The average Bonchev–Trinajstić information content (AvgIpc) is 2.37. The van der Waals surface area contributed by atoms with Crippen molar-refractivity contribution < 1.29 is 14.3 Å². The Kier molecular flexibility index (Phi) is 8.84. The fourth-order valence-electron chi connectivity index (χ4n) is 2.19. The molecule has 3 heteroatoms. The predicted molar refractivity (Wildman–Crippen MR) is 77.8 cm³/mol. The van der Waals surface area contributed by atoms with E-state index >= 15 is 0 Å². The molecule has 0 aromatic carbocycles. The zero-order valence-electron chi connectivity index (χ0n) is 12.2. The van der Waals surface area contributed by atoms with Crippen molar-refractivity contribution in [2.45, 2.75) is 52.4 Å². The highest BCUT2D eigenvalue weighted by Crippen LogP contribution is 2.34. The number of hydrogen-bond acceptors (Lipinski definition) is 3. The van der Waals surface area contributed by atoms with E-state index in [0.717, 1.165) is 25.7 Å². The lowest BCUT2D eigenvalue weighted by Gasteiger charge is -2.28. The predicted octanol–water partition coefficient (Wildman–Crippen LogP) is 3.84. The summed E-state index contributed by atoms with van der Waals surface area (Å²) in [6.07, 6.45) is 7.83. The molecule has 0 bridgehead atoms. The van der Waals surface area contributed by atoms with Crippen LogP contribution in [0.15, 0.2) is 25.3 Å². The second kappa shape index (κ2) is 9.54. The lowest BCUT2D eigenvalue weighted by molar-refractivity contribution is -0.161. The molecule has 0 unspecified atom stereocenters. The molecule has 0 heterocycles. The van der Waals surface area contributed by atoms with Crippen LogP contribution in [0, 0.1) is 5.41 Å². The minimum Gasteiger partial charge on any atom is -0.465 e. The van der Waals surface area contributed by atoms with E-state index in [9.17, 15) is 9.59 Å². The third-order valence-corrected chi connectivity index (χ3v) is 3.36. The maximum absolute atomic E-state index is 12.2. The van der Waals surface area contributed by atoms with Crippen LogP contribution in [0.5, 0.6) is 0 Å². The zero-order valence-corrected chi connectivity index (χ0v) is 12.2. The quantitative estimate of drug-likeness (QED) is 0.247. The van der Waals surface area contributed by atoms with Gasteiger partial charge in [0.15, 0.2) is 0 Å². The van der Waals surface area contributed by atoms with Crippen molar-refractivity contribution in [1.82, 2.24) is 0 Å². The monoisotopic (exact) mass is 266 g/mol. The molecule has 0 atom stereocenters. The highest BCUT2D eigenvalue weighted by Gasteiger charge is 2.43. The molecule has 108 valence electrons. The molecule has 0 radical (unpaired) electrons. The first-order valence-electron chi connectivity index (χ1n) is 6.95. The summed E-state index contributed by atoms with van der Waals surface area (Å²) in [7, 11) is 0. The highest BCUT2D eigenvalue weighted by molar-refractivity contribution is 6.02. The van der Waals surface area contributed by atoms with Gasteiger partial charge in [0, 0.05) is 0 Å². The zero-order chi connectivity index (χ0) is 14.7. The van der Waals surface area contributed by atoms with Crippen LogP contribution in [0.2, 0.25) is 0 Å². The molecule has 0 aliphatic heterocycles. The van der Waals surface area contributed by atoms with Crippen molar-refractivity contribution in [3.63, 3.8) is 0 Å². The molecule has 0 N–H and O–H groups in total. The molecular weight excluding hydrogens is 240 g/mol. The first-order valence-corrected chi connectivity index (χ1v) is 6.95. The molecular formula is C16H26O3. The molecule has 0 aromatic rings. The molecule has 0 saturated carbocycles. The van der Waals surface area contributed by atoms with Crippen molar-refractivity contribution in [2.75, 3.05) is 6.61 Å². The molecule has 0 aromatic heterocycles. The summed E-state index contributed by atoms with van der Waals surface area (Å²) in [6, 6.07) is 0. The van der Waals surface area contributed by atoms with Gasteiger partial charge in [-0.2, -0.15) is 0 Å². The van der Waals surface area contributed by atoms with Gasteiger partial charge >= 0.3 is 5.97 Å². The molecule has 19 heavy (non-hydrogen) atoms. The van der Waals surface area contributed by atoms with E-state index in [-0.39, 0.29) is 11.8 Å². The number of allylic oxidation sites excluding steroid dienone is 2. The van der Waals surface area contributed by atoms with E-state index < -0.39 is 5.41 Å². The molecule has 0 amide bonds. The Labute approximate surface area is 116 Å². The number of carbonyl (C=O) groups excluding carboxylic acids is 2. The van der Waals surface area contributed by atoms with E-state index in [4.69, 9.17) is 4.74 Å². The summed E-state index contributed by atoms with van der Waals surface area (Å²) in [5.41, 5.74) is -0.984. The van der Waals surface area contributed by atoms with Crippen LogP contribution in [-0.4, -0.2) is 18.4 Å². The summed E-state index contributed by atoms with van der Waals surface area (Å²) in [4.78, 5) is 24.2. The maximum atomic E-state index is 12.2. The van der Waals surface area contributed by atoms with E-state index in [1.54, 1.807) is 19.1 Å². The van der Waals surface area contributed by atoms with Crippen molar-refractivity contribution in [2.24, 2.45) is 5.41 Å². The highest BCUT2D eigenvalue weighted by atomic mass is 16.5. The average molecular weight is 266 g/mol. The summed E-state index contributed by atoms with van der Waals surface area (Å²) in [5, 5.41) is 0. The number of ether oxygens (including phenoxy) is 1. The lowest BCUT2D eigenvalue weighted by atomic mass is 9.75. The summed E-state index contributed by atoms with van der Waals surface area (Å²) >= 11 is 0. The van der Waals surface area contributed by atoms with Gasteiger partial charge in [-0.25, -0.2) is 0 Å². The van der Waals surface area contributed by atoms with Crippen LogP contribution < -0.4 is 0 Å². The number of esters is 1. The van der Waals surface area contributed by atoms with Crippen LogP contribution in [0.4, 0.5) is 0 Å². The van der Waals surface area contributed by atoms with Gasteiger partial charge in [0.2, 0.25) is 0 Å². The van der Waals surface area contributed by atoms with Gasteiger partial charge in [-0.05, 0) is 52.4 Å². The molecule has 3 nitrogen and oxygen atoms in total. The van der Waals surface area contributed by atoms with Crippen LogP contribution in [0.1, 0.15) is 52.4 Å². The third kappa shape index (κ3) is 5.41. The largest absolute Gasteiger partial charge is 0.465 e. The third-order valence-electron chi connectivity index (χ3n) is 3.36. The molecule has 0 spiro atoms. The van der Waals surface area contributed by atoms with E-state index in [1.165, 1.54) is 6.92 Å². The van der Waals surface area contributed by atoms with Gasteiger partial charge in [0.05, 0.1) is 6.61 Å². The van der Waals surface area contributed by atoms with Gasteiger partial charge in [-0.1, -0.05) is 12.2 Å². The minimum absolute atomic E-state index is 0.0981. The Hall–Kier alpha value is -1.38. The Morgan fingerprint density at radius 1 is 1.11 bits per heavy atom. The molecule has 0 rings (SSSR count). The van der Waals surface area contributed by atoms with Gasteiger partial charge in [-0.3, -0.25) is 9.59 Å².